The fourth-order valence-electron chi connectivity index (χ4n) is 2.55. The highest BCUT2D eigenvalue weighted by atomic mass is 16.3. The van der Waals surface area contributed by atoms with Gasteiger partial charge in [0.05, 0.1) is 12.5 Å². The summed E-state index contributed by atoms with van der Waals surface area (Å²) in [6.45, 7) is 1.61. The molecule has 0 radical (unpaired) electrons. The second kappa shape index (κ2) is 5.93. The Kier molecular flexibility index (Phi) is 3.70. The van der Waals surface area contributed by atoms with Crippen LogP contribution in [0.5, 0.6) is 0 Å². The molecule has 3 N–H and O–H groups in total. The van der Waals surface area contributed by atoms with Gasteiger partial charge < -0.3 is 13.9 Å². The van der Waals surface area contributed by atoms with Crippen molar-refractivity contribution < 1.29 is 18.6 Å². The molecule has 0 saturated carbocycles. The van der Waals surface area contributed by atoms with E-state index in [2.05, 4.69) is 26.9 Å². The summed E-state index contributed by atoms with van der Waals surface area (Å²) in [5, 5.41) is 14.8. The quantitative estimate of drug-likeness (QED) is 0.497. The summed E-state index contributed by atoms with van der Waals surface area (Å²) >= 11 is 0. The number of amidine groups is 2. The van der Waals surface area contributed by atoms with Crippen LogP contribution in [0.3, 0.4) is 0 Å². The summed E-state index contributed by atoms with van der Waals surface area (Å²) in [5.74, 6) is 13.9. The van der Waals surface area contributed by atoms with Crippen molar-refractivity contribution >= 4 is 17.9 Å². The minimum absolute atomic E-state index is 0.264. The first-order chi connectivity index (χ1) is 12.4. The third-order valence-electron chi connectivity index (χ3n) is 3.79. The Bertz CT molecular complexity index is 1000. The van der Waals surface area contributed by atoms with E-state index >= 15 is 0 Å². The third-order valence-corrected chi connectivity index (χ3v) is 3.79. The predicted octanol–water partition coefficient (Wildman–Crippen LogP) is 1.56. The van der Waals surface area contributed by atoms with Crippen LogP contribution in [0.15, 0.2) is 72.6 Å². The van der Waals surface area contributed by atoms with E-state index in [1.807, 2.05) is 0 Å². The number of aliphatic hydroxyl groups is 1. The molecule has 130 valence electrons. The molecule has 2 aromatic rings. The first kappa shape index (κ1) is 16.2. The first-order valence-electron chi connectivity index (χ1n) is 7.89. The number of fused-ring (bicyclic) bond motifs is 1. The molecule has 0 bridgehead atoms. The van der Waals surface area contributed by atoms with Crippen LogP contribution in [0.2, 0.25) is 0 Å². The molecule has 2 aromatic heterocycles. The van der Waals surface area contributed by atoms with Crippen molar-refractivity contribution in [2.75, 3.05) is 0 Å². The van der Waals surface area contributed by atoms with E-state index in [1.54, 1.807) is 43.7 Å². The largest absolute Gasteiger partial charge is 0.469 e. The Labute approximate surface area is 149 Å². The number of aliphatic imine (C=N–C) groups is 2. The molecule has 4 rings (SSSR count). The van der Waals surface area contributed by atoms with Gasteiger partial charge in [0.1, 0.15) is 17.6 Å². The van der Waals surface area contributed by atoms with Crippen molar-refractivity contribution in [3.05, 3.63) is 60.2 Å². The Hall–Kier alpha value is -3.25. The zero-order valence-electron chi connectivity index (χ0n) is 14.0. The molecule has 0 aliphatic carbocycles. The second-order valence-corrected chi connectivity index (χ2v) is 6.16. The average molecular weight is 350 g/mol. The number of nitrogens with two attached hydrogens (primary N) is 1. The van der Waals surface area contributed by atoms with Gasteiger partial charge in [-0.2, -0.15) is 4.99 Å². The van der Waals surface area contributed by atoms with E-state index in [0.29, 0.717) is 28.9 Å². The minimum Gasteiger partial charge on any atom is -0.469 e. The zero-order valence-corrected chi connectivity index (χ0v) is 14.0. The van der Waals surface area contributed by atoms with E-state index in [4.69, 9.17) is 14.7 Å². The lowest BCUT2D eigenvalue weighted by Crippen LogP contribution is -2.50. The highest BCUT2D eigenvalue weighted by Gasteiger charge is 2.39. The number of nitrogens with zero attached hydrogens (tertiary/aromatic N) is 4. The maximum Gasteiger partial charge on any atom is 0.300 e. The van der Waals surface area contributed by atoms with Gasteiger partial charge in [-0.15, -0.1) is 5.84 Å². The van der Waals surface area contributed by atoms with E-state index in [0.717, 1.165) is 0 Å². The highest BCUT2D eigenvalue weighted by Crippen LogP contribution is 2.21. The topological polar surface area (TPSA) is 110 Å². The maximum absolute atomic E-state index is 10.4. The minimum atomic E-state index is -1.27. The Morgan fingerprint density at radius 2 is 2.08 bits per heavy atom. The van der Waals surface area contributed by atoms with Gasteiger partial charge in [0.25, 0.3) is 11.7 Å². The molecule has 26 heavy (non-hydrogen) atoms. The Morgan fingerprint density at radius 3 is 2.81 bits per heavy atom. The molecule has 0 aromatic carbocycles. The molecule has 0 saturated heterocycles. The summed E-state index contributed by atoms with van der Waals surface area (Å²) in [5.41, 5.74) is -0.883. The van der Waals surface area contributed by atoms with E-state index in [9.17, 15) is 5.11 Å². The van der Waals surface area contributed by atoms with Crippen molar-refractivity contribution in [1.29, 1.82) is 0 Å². The van der Waals surface area contributed by atoms with E-state index < -0.39 is 10.3 Å². The van der Waals surface area contributed by atoms with Crippen molar-refractivity contribution in [3.8, 4) is 11.8 Å². The van der Waals surface area contributed by atoms with Crippen LogP contribution in [-0.2, 0) is 6.42 Å². The van der Waals surface area contributed by atoms with Crippen molar-refractivity contribution in [3.63, 3.8) is 0 Å². The van der Waals surface area contributed by atoms with Crippen LogP contribution in [0.25, 0.3) is 0 Å². The molecule has 2 aliphatic rings. The van der Waals surface area contributed by atoms with Crippen LogP contribution < -0.4 is 5.84 Å². The molecular formula is C18H16N5O3+. The zero-order chi connectivity index (χ0) is 18.2. The second-order valence-electron chi connectivity index (χ2n) is 6.16. The Morgan fingerprint density at radius 1 is 1.27 bits per heavy atom. The third kappa shape index (κ3) is 3.14. The van der Waals surface area contributed by atoms with E-state index in [-0.39, 0.29) is 6.42 Å². The van der Waals surface area contributed by atoms with Gasteiger partial charge in [-0.3, -0.25) is 0 Å². The van der Waals surface area contributed by atoms with Gasteiger partial charge >= 0.3 is 0 Å². The van der Waals surface area contributed by atoms with Crippen LogP contribution in [0.4, 0.5) is 0 Å². The van der Waals surface area contributed by atoms with Crippen molar-refractivity contribution in [1.82, 2.24) is 0 Å². The van der Waals surface area contributed by atoms with Crippen molar-refractivity contribution in [2.24, 2.45) is 20.9 Å². The fraction of sp³-hybridized carbons (Fsp3) is 0.167. The summed E-state index contributed by atoms with van der Waals surface area (Å²) in [6, 6.07) is 7.04. The number of allylic oxidation sites excluding steroid dienone is 1. The first-order valence-corrected chi connectivity index (χ1v) is 7.89. The molecule has 2 atom stereocenters. The number of rotatable bonds is 3. The average Bonchev–Trinajstić information content (AvgIpc) is 3.32. The van der Waals surface area contributed by atoms with Gasteiger partial charge in [0.15, 0.2) is 17.7 Å². The normalized spacial score (nSPS) is 23.3. The molecule has 8 nitrogen and oxygen atoms in total. The molecule has 4 heterocycles. The summed E-state index contributed by atoms with van der Waals surface area (Å²) in [7, 11) is 0. The summed E-state index contributed by atoms with van der Waals surface area (Å²) in [4.78, 5) is 8.56. The maximum atomic E-state index is 10.4. The molecular weight excluding hydrogens is 334 g/mol. The number of furan rings is 2. The summed E-state index contributed by atoms with van der Waals surface area (Å²) in [6.07, 6.45) is 6.42. The van der Waals surface area contributed by atoms with Crippen LogP contribution in [0, 0.1) is 11.8 Å². The van der Waals surface area contributed by atoms with Crippen LogP contribution in [0.1, 0.15) is 18.4 Å². The SMILES string of the molecule is CC(O)(C#CC1=C[N+]2(N)N=C(c3ccco3)N=C2C=N1)Cc1ccco1. The number of quaternary nitrogens is 1. The lowest BCUT2D eigenvalue weighted by atomic mass is 10.0. The number of hydrogen-bond acceptors (Lipinski definition) is 7. The molecule has 0 spiro atoms. The standard InChI is InChI=1S/C18H16N5O3/c1-18(24,10-14-4-2-8-25-14)7-6-13-12-23(19)16(11-20-13)21-17(22-23)15-5-3-9-26-15/h2-5,8-9,11-12,24H,10,19H2,1H3/q+1. The van der Waals surface area contributed by atoms with Gasteiger partial charge in [-0.25, -0.2) is 4.99 Å². The molecule has 2 unspecified atom stereocenters. The van der Waals surface area contributed by atoms with Crippen LogP contribution in [-0.4, -0.2) is 33.3 Å². The predicted molar refractivity (Wildman–Crippen MR) is 94.5 cm³/mol. The van der Waals surface area contributed by atoms with Crippen molar-refractivity contribution in [2.45, 2.75) is 18.9 Å². The fourth-order valence-corrected chi connectivity index (χ4v) is 2.55. The molecule has 2 aliphatic heterocycles. The number of hydrogen-bond donors (Lipinski definition) is 2. The van der Waals surface area contributed by atoms with Gasteiger partial charge in [-0.1, -0.05) is 5.92 Å². The monoisotopic (exact) mass is 350 g/mol. The molecule has 0 fully saturated rings. The van der Waals surface area contributed by atoms with Crippen LogP contribution >= 0.6 is 0 Å². The summed E-state index contributed by atoms with van der Waals surface area (Å²) < 4.78 is 10.1. The molecule has 8 heteroatoms. The van der Waals surface area contributed by atoms with Gasteiger partial charge in [0, 0.05) is 6.42 Å². The highest BCUT2D eigenvalue weighted by molar-refractivity contribution is 6.31. The van der Waals surface area contributed by atoms with E-state index in [1.165, 1.54) is 12.5 Å². The Balaban J connectivity index is 1.57. The smallest absolute Gasteiger partial charge is 0.300 e. The van der Waals surface area contributed by atoms with Gasteiger partial charge in [0.2, 0.25) is 0 Å². The lowest BCUT2D eigenvalue weighted by Gasteiger charge is -2.18. The van der Waals surface area contributed by atoms with Gasteiger partial charge in [-0.05, 0) is 46.9 Å². The lowest BCUT2D eigenvalue weighted by molar-refractivity contribution is -0.803. The molecule has 0 amide bonds.